The van der Waals surface area contributed by atoms with Crippen LogP contribution >= 0.6 is 0 Å². The van der Waals surface area contributed by atoms with Gasteiger partial charge in [0.25, 0.3) is 0 Å². The fraction of sp³-hybridized carbons (Fsp3) is 0.615. The highest BCUT2D eigenvalue weighted by Gasteiger charge is 2.36. The van der Waals surface area contributed by atoms with E-state index < -0.39 is 17.7 Å². The molecule has 0 spiro atoms. The number of alkyl halides is 3. The van der Waals surface area contributed by atoms with Crippen molar-refractivity contribution in [3.05, 3.63) is 29.3 Å². The largest absolute Gasteiger partial charge is 0.436 e. The average Bonchev–Trinajstić information content (AvgIpc) is 2.26. The third-order valence-corrected chi connectivity index (χ3v) is 2.96. The first-order chi connectivity index (χ1) is 8.38. The van der Waals surface area contributed by atoms with Crippen LogP contribution in [-0.4, -0.2) is 4.98 Å². The van der Waals surface area contributed by atoms with Gasteiger partial charge in [0, 0.05) is 6.20 Å². The molecule has 0 bridgehead atoms. The highest BCUT2D eigenvalue weighted by atomic mass is 19.4. The topological polar surface area (TPSA) is 12.9 Å². The third kappa shape index (κ3) is 3.96. The highest BCUT2D eigenvalue weighted by molar-refractivity contribution is 5.18. The van der Waals surface area contributed by atoms with Gasteiger partial charge in [-0.2, -0.15) is 13.2 Å². The van der Waals surface area contributed by atoms with Crippen LogP contribution in [0.5, 0.6) is 0 Å². The molecule has 0 N–H and O–H groups in total. The van der Waals surface area contributed by atoms with E-state index in [1.165, 1.54) is 0 Å². The van der Waals surface area contributed by atoms with Crippen molar-refractivity contribution in [1.29, 1.82) is 0 Å². The Morgan fingerprint density at radius 1 is 1.28 bits per heavy atom. The number of halogens is 4. The smallest absolute Gasteiger partial charge is 0.249 e. The second-order valence-corrected chi connectivity index (χ2v) is 4.44. The van der Waals surface area contributed by atoms with E-state index >= 15 is 0 Å². The standard InChI is InChI=1S/C13H17F4N/c1-3-5-9(4-2)6-10-7-11(14)12(18-8-10)13(15,16)17/h7-9H,3-6H2,1-2H3. The molecule has 1 rings (SSSR count). The molecule has 0 radical (unpaired) electrons. The first-order valence-corrected chi connectivity index (χ1v) is 6.10. The summed E-state index contributed by atoms with van der Waals surface area (Å²) in [5.41, 5.74) is -0.907. The fourth-order valence-corrected chi connectivity index (χ4v) is 1.99. The Labute approximate surface area is 104 Å². The van der Waals surface area contributed by atoms with Gasteiger partial charge < -0.3 is 0 Å². The van der Waals surface area contributed by atoms with Crippen molar-refractivity contribution in [2.75, 3.05) is 0 Å². The van der Waals surface area contributed by atoms with Gasteiger partial charge in [0.05, 0.1) is 0 Å². The molecule has 102 valence electrons. The SMILES string of the molecule is CCCC(CC)Cc1cnc(C(F)(F)F)c(F)c1. The molecule has 1 aromatic rings. The Bertz CT molecular complexity index is 387. The van der Waals surface area contributed by atoms with E-state index in [4.69, 9.17) is 0 Å². The van der Waals surface area contributed by atoms with Crippen LogP contribution in [0.4, 0.5) is 17.6 Å². The number of aromatic nitrogens is 1. The van der Waals surface area contributed by atoms with Gasteiger partial charge in [-0.25, -0.2) is 9.37 Å². The molecule has 0 fully saturated rings. The van der Waals surface area contributed by atoms with Crippen LogP contribution in [0.2, 0.25) is 0 Å². The van der Waals surface area contributed by atoms with Gasteiger partial charge in [-0.05, 0) is 24.0 Å². The molecule has 0 aliphatic carbocycles. The van der Waals surface area contributed by atoms with Crippen LogP contribution in [0.3, 0.4) is 0 Å². The van der Waals surface area contributed by atoms with E-state index in [0.29, 0.717) is 17.9 Å². The zero-order valence-corrected chi connectivity index (χ0v) is 10.5. The molecule has 1 heterocycles. The van der Waals surface area contributed by atoms with Gasteiger partial charge >= 0.3 is 6.18 Å². The van der Waals surface area contributed by atoms with Crippen LogP contribution in [0.1, 0.15) is 44.4 Å². The molecule has 18 heavy (non-hydrogen) atoms. The van der Waals surface area contributed by atoms with Crippen LogP contribution in [0.15, 0.2) is 12.3 Å². The van der Waals surface area contributed by atoms with Crippen molar-refractivity contribution in [3.63, 3.8) is 0 Å². The van der Waals surface area contributed by atoms with E-state index in [2.05, 4.69) is 4.98 Å². The normalized spacial score (nSPS) is 13.7. The first kappa shape index (κ1) is 14.9. The number of nitrogens with zero attached hydrogens (tertiary/aromatic N) is 1. The van der Waals surface area contributed by atoms with Gasteiger partial charge in [0.1, 0.15) is 0 Å². The minimum absolute atomic E-state index is 0.368. The zero-order valence-electron chi connectivity index (χ0n) is 10.5. The lowest BCUT2D eigenvalue weighted by atomic mass is 9.93. The summed E-state index contributed by atoms with van der Waals surface area (Å²) < 4.78 is 50.3. The minimum Gasteiger partial charge on any atom is -0.249 e. The molecule has 0 saturated carbocycles. The number of rotatable bonds is 5. The van der Waals surface area contributed by atoms with E-state index in [0.717, 1.165) is 31.5 Å². The Hall–Kier alpha value is -1.13. The second-order valence-electron chi connectivity index (χ2n) is 4.44. The van der Waals surface area contributed by atoms with E-state index in [1.807, 2.05) is 13.8 Å². The van der Waals surface area contributed by atoms with Crippen molar-refractivity contribution < 1.29 is 17.6 Å². The fourth-order valence-electron chi connectivity index (χ4n) is 1.99. The van der Waals surface area contributed by atoms with E-state index in [1.54, 1.807) is 0 Å². The lowest BCUT2D eigenvalue weighted by molar-refractivity contribution is -0.143. The number of hydrogen-bond donors (Lipinski definition) is 0. The second kappa shape index (κ2) is 6.16. The lowest BCUT2D eigenvalue weighted by Gasteiger charge is -2.14. The predicted molar refractivity (Wildman–Crippen MR) is 61.6 cm³/mol. The lowest BCUT2D eigenvalue weighted by Crippen LogP contribution is -2.12. The maximum Gasteiger partial charge on any atom is 0.436 e. The van der Waals surface area contributed by atoms with Crippen molar-refractivity contribution in [2.24, 2.45) is 5.92 Å². The zero-order chi connectivity index (χ0) is 13.8. The van der Waals surface area contributed by atoms with Crippen molar-refractivity contribution >= 4 is 0 Å². The molecule has 0 saturated heterocycles. The molecular formula is C13H17F4N. The van der Waals surface area contributed by atoms with Crippen LogP contribution in [0, 0.1) is 11.7 Å². The summed E-state index contributed by atoms with van der Waals surface area (Å²) >= 11 is 0. The summed E-state index contributed by atoms with van der Waals surface area (Å²) in [6.07, 6.45) is -0.0997. The van der Waals surface area contributed by atoms with Gasteiger partial charge in [-0.1, -0.05) is 33.1 Å². The van der Waals surface area contributed by atoms with Gasteiger partial charge in [-0.15, -0.1) is 0 Å². The summed E-state index contributed by atoms with van der Waals surface area (Å²) in [6, 6.07) is 0.953. The molecule has 1 aromatic heterocycles. The number of hydrogen-bond acceptors (Lipinski definition) is 1. The molecule has 1 unspecified atom stereocenters. The Morgan fingerprint density at radius 3 is 2.39 bits per heavy atom. The molecular weight excluding hydrogens is 246 g/mol. The van der Waals surface area contributed by atoms with Gasteiger partial charge in [0.2, 0.25) is 0 Å². The van der Waals surface area contributed by atoms with Crippen molar-refractivity contribution in [3.8, 4) is 0 Å². The van der Waals surface area contributed by atoms with Crippen LogP contribution in [0.25, 0.3) is 0 Å². The summed E-state index contributed by atoms with van der Waals surface area (Å²) in [4.78, 5) is 3.20. The molecule has 0 amide bonds. The Kier molecular flexibility index (Phi) is 5.11. The Morgan fingerprint density at radius 2 is 1.94 bits per heavy atom. The monoisotopic (exact) mass is 263 g/mol. The van der Waals surface area contributed by atoms with Crippen LogP contribution < -0.4 is 0 Å². The summed E-state index contributed by atoms with van der Waals surface area (Å²) in [6.45, 7) is 4.07. The van der Waals surface area contributed by atoms with Crippen molar-refractivity contribution in [2.45, 2.75) is 45.7 Å². The van der Waals surface area contributed by atoms with Crippen LogP contribution in [-0.2, 0) is 12.6 Å². The van der Waals surface area contributed by atoms with E-state index in [9.17, 15) is 17.6 Å². The van der Waals surface area contributed by atoms with E-state index in [-0.39, 0.29) is 0 Å². The molecule has 0 aliphatic rings. The molecule has 1 atom stereocenters. The predicted octanol–water partition coefficient (Wildman–Crippen LogP) is 4.61. The van der Waals surface area contributed by atoms with Gasteiger partial charge in [-0.3, -0.25) is 0 Å². The van der Waals surface area contributed by atoms with Crippen molar-refractivity contribution in [1.82, 2.24) is 4.98 Å². The molecule has 0 aliphatic heterocycles. The summed E-state index contributed by atoms with van der Waals surface area (Å²) in [5, 5.41) is 0. The quantitative estimate of drug-likeness (QED) is 0.707. The summed E-state index contributed by atoms with van der Waals surface area (Å²) in [5.74, 6) is -0.917. The summed E-state index contributed by atoms with van der Waals surface area (Å²) in [7, 11) is 0. The first-order valence-electron chi connectivity index (χ1n) is 6.10. The van der Waals surface area contributed by atoms with Gasteiger partial charge in [0.15, 0.2) is 11.5 Å². The Balaban J connectivity index is 2.84. The average molecular weight is 263 g/mol. The minimum atomic E-state index is -4.73. The highest BCUT2D eigenvalue weighted by Crippen LogP contribution is 2.30. The molecule has 5 heteroatoms. The molecule has 1 nitrogen and oxygen atoms in total. The maximum absolute atomic E-state index is 13.3. The maximum atomic E-state index is 13.3. The molecule has 0 aromatic carbocycles. The number of pyridine rings is 1. The third-order valence-electron chi connectivity index (χ3n) is 2.96.